The van der Waals surface area contributed by atoms with Gasteiger partial charge in [0.25, 0.3) is 0 Å². The van der Waals surface area contributed by atoms with Crippen molar-refractivity contribution in [3.63, 3.8) is 0 Å². The molecule has 2 aliphatic heterocycles. The lowest BCUT2D eigenvalue weighted by atomic mass is 9.76. The summed E-state index contributed by atoms with van der Waals surface area (Å²) in [4.78, 5) is 2.61. The second-order valence-electron chi connectivity index (χ2n) is 8.05. The molecule has 146 valence electrons. The summed E-state index contributed by atoms with van der Waals surface area (Å²) in [5, 5.41) is 11.5. The number of benzene rings is 2. The lowest BCUT2D eigenvalue weighted by Gasteiger charge is -2.42. The Morgan fingerprint density at radius 3 is 2.46 bits per heavy atom. The van der Waals surface area contributed by atoms with Gasteiger partial charge in [0.2, 0.25) is 0 Å². The normalized spacial score (nSPS) is 26.8. The molecule has 2 fully saturated rings. The third-order valence-electron chi connectivity index (χ3n) is 6.52. The van der Waals surface area contributed by atoms with Crippen molar-refractivity contribution in [1.29, 1.82) is 0 Å². The summed E-state index contributed by atoms with van der Waals surface area (Å²) in [5.74, 6) is 0.974. The molecule has 2 aromatic carbocycles. The SMILES string of the molecule is Cc1ccc(C2CC3CCC(C2c2nnc(-c4ccccc4)s2)N3C)cc1.Cl. The summed E-state index contributed by atoms with van der Waals surface area (Å²) in [6.45, 7) is 2.16. The Kier molecular flexibility index (Phi) is 5.55. The Hall–Kier alpha value is -1.75. The molecule has 2 bridgehead atoms. The van der Waals surface area contributed by atoms with Crippen molar-refractivity contribution in [3.05, 3.63) is 70.7 Å². The topological polar surface area (TPSA) is 29.0 Å². The van der Waals surface area contributed by atoms with E-state index in [2.05, 4.69) is 72.5 Å². The molecule has 28 heavy (non-hydrogen) atoms. The van der Waals surface area contributed by atoms with Crippen LogP contribution >= 0.6 is 23.7 Å². The van der Waals surface area contributed by atoms with Crippen LogP contribution in [0, 0.1) is 6.92 Å². The van der Waals surface area contributed by atoms with E-state index >= 15 is 0 Å². The van der Waals surface area contributed by atoms with Crippen LogP contribution in [0.5, 0.6) is 0 Å². The van der Waals surface area contributed by atoms with Gasteiger partial charge in [0, 0.05) is 23.6 Å². The third kappa shape index (κ3) is 3.38. The molecule has 2 saturated heterocycles. The number of hydrogen-bond donors (Lipinski definition) is 0. The Labute approximate surface area is 177 Å². The third-order valence-corrected chi connectivity index (χ3v) is 7.59. The highest BCUT2D eigenvalue weighted by Crippen LogP contribution is 2.51. The Morgan fingerprint density at radius 1 is 0.964 bits per heavy atom. The standard InChI is InChI=1S/C23H25N3S.ClH/c1-15-8-10-16(11-9-15)19-14-18-12-13-20(26(18)2)21(19)23-25-24-22(27-23)17-6-4-3-5-7-17;/h3-11,18-21H,12-14H2,1-2H3;1H. The molecule has 0 N–H and O–H groups in total. The van der Waals surface area contributed by atoms with E-state index in [1.807, 2.05) is 6.07 Å². The second-order valence-corrected chi connectivity index (χ2v) is 9.06. The minimum Gasteiger partial charge on any atom is -0.300 e. The number of aromatic nitrogens is 2. The number of piperidine rings is 1. The van der Waals surface area contributed by atoms with Crippen molar-refractivity contribution < 1.29 is 0 Å². The minimum absolute atomic E-state index is 0. The highest BCUT2D eigenvalue weighted by atomic mass is 35.5. The van der Waals surface area contributed by atoms with E-state index in [1.54, 1.807) is 11.3 Å². The fourth-order valence-electron chi connectivity index (χ4n) is 5.03. The van der Waals surface area contributed by atoms with Crippen LogP contribution in [-0.4, -0.2) is 34.2 Å². The van der Waals surface area contributed by atoms with Crippen LogP contribution in [0.15, 0.2) is 54.6 Å². The number of halogens is 1. The largest absolute Gasteiger partial charge is 0.300 e. The Bertz CT molecular complexity index is 925. The fourth-order valence-corrected chi connectivity index (χ4v) is 6.10. The summed E-state index contributed by atoms with van der Waals surface area (Å²) in [5.41, 5.74) is 3.96. The van der Waals surface area contributed by atoms with Gasteiger partial charge in [-0.3, -0.25) is 4.90 Å². The number of fused-ring (bicyclic) bond motifs is 2. The predicted octanol–water partition coefficient (Wildman–Crippen LogP) is 5.67. The van der Waals surface area contributed by atoms with Crippen LogP contribution in [0.25, 0.3) is 10.6 Å². The average molecular weight is 412 g/mol. The van der Waals surface area contributed by atoms with Crippen molar-refractivity contribution >= 4 is 23.7 Å². The summed E-state index contributed by atoms with van der Waals surface area (Å²) in [6.07, 6.45) is 3.81. The van der Waals surface area contributed by atoms with E-state index in [9.17, 15) is 0 Å². The average Bonchev–Trinajstić information content (AvgIpc) is 3.26. The molecular formula is C23H26ClN3S. The van der Waals surface area contributed by atoms with E-state index in [0.29, 0.717) is 23.9 Å². The van der Waals surface area contributed by atoms with E-state index in [-0.39, 0.29) is 12.4 Å². The van der Waals surface area contributed by atoms with Gasteiger partial charge in [-0.15, -0.1) is 22.6 Å². The van der Waals surface area contributed by atoms with Gasteiger partial charge in [0.1, 0.15) is 10.0 Å². The van der Waals surface area contributed by atoms with Crippen LogP contribution < -0.4 is 0 Å². The van der Waals surface area contributed by atoms with E-state index in [1.165, 1.54) is 41.0 Å². The van der Waals surface area contributed by atoms with Gasteiger partial charge in [0.15, 0.2) is 0 Å². The van der Waals surface area contributed by atoms with Gasteiger partial charge in [-0.05, 0) is 44.7 Å². The van der Waals surface area contributed by atoms with Crippen LogP contribution in [0.3, 0.4) is 0 Å². The molecule has 4 unspecified atom stereocenters. The smallest absolute Gasteiger partial charge is 0.147 e. The molecule has 3 aromatic rings. The summed E-state index contributed by atoms with van der Waals surface area (Å²) >= 11 is 1.78. The summed E-state index contributed by atoms with van der Waals surface area (Å²) in [7, 11) is 2.31. The molecule has 0 aliphatic carbocycles. The van der Waals surface area contributed by atoms with Crippen LogP contribution in [0.1, 0.15) is 47.2 Å². The number of nitrogens with zero attached hydrogens (tertiary/aromatic N) is 3. The Morgan fingerprint density at radius 2 is 1.71 bits per heavy atom. The van der Waals surface area contributed by atoms with E-state index in [0.717, 1.165) is 5.01 Å². The quantitative estimate of drug-likeness (QED) is 0.556. The van der Waals surface area contributed by atoms with Gasteiger partial charge in [-0.2, -0.15) is 0 Å². The van der Waals surface area contributed by atoms with E-state index < -0.39 is 0 Å². The molecule has 1 aromatic heterocycles. The van der Waals surface area contributed by atoms with Gasteiger partial charge in [0.05, 0.1) is 0 Å². The molecule has 2 aliphatic rings. The van der Waals surface area contributed by atoms with Gasteiger partial charge >= 0.3 is 0 Å². The molecule has 0 saturated carbocycles. The molecule has 5 heteroatoms. The molecule has 5 rings (SSSR count). The molecule has 0 amide bonds. The monoisotopic (exact) mass is 411 g/mol. The first kappa shape index (κ1) is 19.6. The summed E-state index contributed by atoms with van der Waals surface area (Å²) < 4.78 is 0. The molecule has 0 spiro atoms. The van der Waals surface area contributed by atoms with Crippen LogP contribution in [0.2, 0.25) is 0 Å². The fraction of sp³-hybridized carbons (Fsp3) is 0.391. The maximum Gasteiger partial charge on any atom is 0.147 e. The zero-order valence-corrected chi connectivity index (χ0v) is 17.9. The molecule has 0 radical (unpaired) electrons. The number of rotatable bonds is 3. The van der Waals surface area contributed by atoms with Crippen LogP contribution in [0.4, 0.5) is 0 Å². The lowest BCUT2D eigenvalue weighted by Crippen LogP contribution is -2.44. The van der Waals surface area contributed by atoms with Crippen molar-refractivity contribution in [2.24, 2.45) is 0 Å². The van der Waals surface area contributed by atoms with Crippen LogP contribution in [-0.2, 0) is 0 Å². The molecule has 4 atom stereocenters. The zero-order valence-electron chi connectivity index (χ0n) is 16.3. The summed E-state index contributed by atoms with van der Waals surface area (Å²) in [6, 6.07) is 20.9. The maximum atomic E-state index is 4.70. The number of hydrogen-bond acceptors (Lipinski definition) is 4. The van der Waals surface area contributed by atoms with Gasteiger partial charge in [-0.1, -0.05) is 71.5 Å². The minimum atomic E-state index is 0. The zero-order chi connectivity index (χ0) is 18.4. The molecular weight excluding hydrogens is 386 g/mol. The number of aryl methyl sites for hydroxylation is 1. The Balaban J connectivity index is 0.00000192. The predicted molar refractivity (Wildman–Crippen MR) is 118 cm³/mol. The molecule has 3 heterocycles. The highest BCUT2D eigenvalue weighted by Gasteiger charge is 2.47. The van der Waals surface area contributed by atoms with Crippen molar-refractivity contribution in [2.75, 3.05) is 7.05 Å². The van der Waals surface area contributed by atoms with Crippen molar-refractivity contribution in [2.45, 2.75) is 50.1 Å². The second kappa shape index (κ2) is 7.94. The molecule has 3 nitrogen and oxygen atoms in total. The number of likely N-dealkylation sites (N-methyl/N-ethyl adjacent to an activating group) is 1. The highest BCUT2D eigenvalue weighted by molar-refractivity contribution is 7.14. The first-order chi connectivity index (χ1) is 13.2. The first-order valence-electron chi connectivity index (χ1n) is 9.88. The van der Waals surface area contributed by atoms with Crippen molar-refractivity contribution in [1.82, 2.24) is 15.1 Å². The maximum absolute atomic E-state index is 4.70. The van der Waals surface area contributed by atoms with Crippen molar-refractivity contribution in [3.8, 4) is 10.6 Å². The van der Waals surface area contributed by atoms with E-state index in [4.69, 9.17) is 5.10 Å². The first-order valence-corrected chi connectivity index (χ1v) is 10.7. The van der Waals surface area contributed by atoms with Gasteiger partial charge < -0.3 is 0 Å². The lowest BCUT2D eigenvalue weighted by molar-refractivity contribution is 0.137. The van der Waals surface area contributed by atoms with Gasteiger partial charge in [-0.25, -0.2) is 0 Å².